The summed E-state index contributed by atoms with van der Waals surface area (Å²) in [5.74, 6) is 0.714. The number of nitrogens with zero attached hydrogens (tertiary/aromatic N) is 3. The van der Waals surface area contributed by atoms with Crippen LogP contribution < -0.4 is 10.2 Å². The van der Waals surface area contributed by atoms with Gasteiger partial charge in [-0.05, 0) is 44.4 Å². The first-order valence-corrected chi connectivity index (χ1v) is 9.04. The van der Waals surface area contributed by atoms with E-state index in [0.29, 0.717) is 5.92 Å². The van der Waals surface area contributed by atoms with Gasteiger partial charge in [-0.1, -0.05) is 22.0 Å². The molecule has 1 fully saturated rings. The first-order valence-electron chi connectivity index (χ1n) is 8.25. The highest BCUT2D eigenvalue weighted by molar-refractivity contribution is 9.10. The Kier molecular flexibility index (Phi) is 5.07. The Hall–Kier alpha value is -1.33. The van der Waals surface area contributed by atoms with Crippen molar-refractivity contribution < 1.29 is 0 Å². The number of rotatable bonds is 5. The van der Waals surface area contributed by atoms with E-state index in [1.54, 1.807) is 0 Å². The predicted octanol–water partition coefficient (Wildman–Crippen LogP) is 3.42. The predicted molar refractivity (Wildman–Crippen MR) is 98.9 cm³/mol. The monoisotopic (exact) mass is 376 g/mol. The molecule has 0 saturated carbocycles. The zero-order chi connectivity index (χ0) is 16.4. The lowest BCUT2D eigenvalue weighted by molar-refractivity contribution is 0.515. The van der Waals surface area contributed by atoms with Crippen molar-refractivity contribution in [2.24, 2.45) is 13.0 Å². The molecule has 124 valence electrons. The van der Waals surface area contributed by atoms with Crippen molar-refractivity contribution in [1.82, 2.24) is 15.1 Å². The van der Waals surface area contributed by atoms with E-state index < -0.39 is 0 Å². The Morgan fingerprint density at radius 3 is 2.87 bits per heavy atom. The summed E-state index contributed by atoms with van der Waals surface area (Å²) in [7, 11) is 2.01. The molecule has 2 aromatic rings. The van der Waals surface area contributed by atoms with E-state index >= 15 is 0 Å². The van der Waals surface area contributed by atoms with Crippen LogP contribution >= 0.6 is 15.9 Å². The number of hydrogen-bond donors (Lipinski definition) is 1. The van der Waals surface area contributed by atoms with E-state index in [1.165, 1.54) is 23.4 Å². The van der Waals surface area contributed by atoms with E-state index in [4.69, 9.17) is 0 Å². The number of nitrogens with one attached hydrogen (secondary N) is 1. The van der Waals surface area contributed by atoms with E-state index in [9.17, 15) is 0 Å². The van der Waals surface area contributed by atoms with Gasteiger partial charge in [-0.3, -0.25) is 4.68 Å². The second-order valence-corrected chi connectivity index (χ2v) is 7.40. The van der Waals surface area contributed by atoms with Crippen molar-refractivity contribution in [1.29, 1.82) is 0 Å². The van der Waals surface area contributed by atoms with Crippen molar-refractivity contribution in [2.75, 3.05) is 24.5 Å². The lowest BCUT2D eigenvalue weighted by Crippen LogP contribution is -2.26. The molecule has 2 heterocycles. The third-order valence-electron chi connectivity index (χ3n) is 4.85. The van der Waals surface area contributed by atoms with Gasteiger partial charge in [0.15, 0.2) is 0 Å². The molecule has 5 heteroatoms. The van der Waals surface area contributed by atoms with Gasteiger partial charge in [-0.15, -0.1) is 0 Å². The summed E-state index contributed by atoms with van der Waals surface area (Å²) in [5.41, 5.74) is 5.06. The van der Waals surface area contributed by atoms with Gasteiger partial charge in [-0.25, -0.2) is 0 Å². The van der Waals surface area contributed by atoms with Crippen LogP contribution in [0.1, 0.15) is 23.4 Å². The van der Waals surface area contributed by atoms with E-state index in [1.807, 2.05) is 11.7 Å². The fourth-order valence-electron chi connectivity index (χ4n) is 3.38. The molecule has 1 atom stereocenters. The van der Waals surface area contributed by atoms with Crippen molar-refractivity contribution in [3.05, 3.63) is 45.7 Å². The molecule has 0 aliphatic carbocycles. The summed E-state index contributed by atoms with van der Waals surface area (Å²) in [6, 6.07) is 8.59. The molecule has 3 rings (SSSR count). The molecule has 0 bridgehead atoms. The van der Waals surface area contributed by atoms with Crippen LogP contribution in [0.2, 0.25) is 0 Å². The fraction of sp³-hybridized carbons (Fsp3) is 0.500. The van der Waals surface area contributed by atoms with Gasteiger partial charge in [0.25, 0.3) is 0 Å². The molecule has 23 heavy (non-hydrogen) atoms. The Labute approximate surface area is 147 Å². The molecule has 1 aromatic heterocycles. The van der Waals surface area contributed by atoms with Gasteiger partial charge in [0.2, 0.25) is 0 Å². The zero-order valence-electron chi connectivity index (χ0n) is 14.1. The van der Waals surface area contributed by atoms with Crippen LogP contribution in [-0.2, 0) is 13.6 Å². The Balaban J connectivity index is 1.51. The van der Waals surface area contributed by atoms with Crippen molar-refractivity contribution in [3.63, 3.8) is 0 Å². The fourth-order valence-corrected chi connectivity index (χ4v) is 3.77. The smallest absolute Gasteiger partial charge is 0.0641 e. The largest absolute Gasteiger partial charge is 0.371 e. The lowest BCUT2D eigenvalue weighted by Gasteiger charge is -2.19. The zero-order valence-corrected chi connectivity index (χ0v) is 15.7. The number of hydrogen-bond acceptors (Lipinski definition) is 3. The normalized spacial score (nSPS) is 17.9. The minimum atomic E-state index is 0.714. The van der Waals surface area contributed by atoms with Crippen molar-refractivity contribution >= 4 is 21.6 Å². The van der Waals surface area contributed by atoms with Gasteiger partial charge >= 0.3 is 0 Å². The van der Waals surface area contributed by atoms with E-state index in [2.05, 4.69) is 69.4 Å². The first-order chi connectivity index (χ1) is 11.0. The molecule has 1 saturated heterocycles. The summed E-state index contributed by atoms with van der Waals surface area (Å²) in [4.78, 5) is 2.48. The second kappa shape index (κ2) is 7.05. The molecule has 1 N–H and O–H groups in total. The number of benzene rings is 1. The van der Waals surface area contributed by atoms with Crippen LogP contribution in [0.25, 0.3) is 0 Å². The summed E-state index contributed by atoms with van der Waals surface area (Å²) in [6.07, 6.45) is 1.25. The minimum absolute atomic E-state index is 0.714. The van der Waals surface area contributed by atoms with Crippen LogP contribution in [-0.4, -0.2) is 29.4 Å². The second-order valence-electron chi connectivity index (χ2n) is 6.48. The standard InChI is InChI=1S/C18H25BrN4/c1-13-18(14(2)22(3)21-13)11-20-10-15-7-8-23(12-15)17-6-4-5-16(19)9-17/h4-6,9,15,20H,7-8,10-12H2,1-3H3/t15-/m0/s1. The van der Waals surface area contributed by atoms with Gasteiger partial charge in [0.1, 0.15) is 0 Å². The summed E-state index contributed by atoms with van der Waals surface area (Å²) >= 11 is 3.56. The van der Waals surface area contributed by atoms with Crippen LogP contribution in [0, 0.1) is 19.8 Å². The molecule has 1 aliphatic rings. The third-order valence-corrected chi connectivity index (χ3v) is 5.35. The topological polar surface area (TPSA) is 33.1 Å². The molecule has 1 aliphatic heterocycles. The maximum atomic E-state index is 4.48. The van der Waals surface area contributed by atoms with Crippen LogP contribution in [0.4, 0.5) is 5.69 Å². The third kappa shape index (κ3) is 3.78. The number of anilines is 1. The number of halogens is 1. The summed E-state index contributed by atoms with van der Waals surface area (Å²) in [6.45, 7) is 8.50. The highest BCUT2D eigenvalue weighted by Gasteiger charge is 2.22. The molecule has 0 radical (unpaired) electrons. The maximum absolute atomic E-state index is 4.48. The van der Waals surface area contributed by atoms with Crippen LogP contribution in [0.5, 0.6) is 0 Å². The quantitative estimate of drug-likeness (QED) is 0.867. The first kappa shape index (κ1) is 16.5. The maximum Gasteiger partial charge on any atom is 0.0641 e. The van der Waals surface area contributed by atoms with Crippen molar-refractivity contribution in [2.45, 2.75) is 26.8 Å². The SMILES string of the molecule is Cc1nn(C)c(C)c1CNC[C@@H]1CCN(c2cccc(Br)c2)C1. The van der Waals surface area contributed by atoms with E-state index in [0.717, 1.165) is 36.3 Å². The number of aromatic nitrogens is 2. The molecule has 0 spiro atoms. The average Bonchev–Trinajstić information content (AvgIpc) is 3.08. The van der Waals surface area contributed by atoms with Crippen molar-refractivity contribution in [3.8, 4) is 0 Å². The molecular formula is C18H25BrN4. The Bertz CT molecular complexity index is 680. The lowest BCUT2D eigenvalue weighted by atomic mass is 10.1. The molecule has 0 unspecified atom stereocenters. The summed E-state index contributed by atoms with van der Waals surface area (Å²) < 4.78 is 3.12. The van der Waals surface area contributed by atoms with Gasteiger partial charge in [0, 0.05) is 54.6 Å². The number of aryl methyl sites for hydroxylation is 2. The highest BCUT2D eigenvalue weighted by Crippen LogP contribution is 2.26. The Morgan fingerprint density at radius 2 is 2.17 bits per heavy atom. The van der Waals surface area contributed by atoms with Gasteiger partial charge in [0.05, 0.1) is 5.69 Å². The van der Waals surface area contributed by atoms with Gasteiger partial charge < -0.3 is 10.2 Å². The van der Waals surface area contributed by atoms with E-state index in [-0.39, 0.29) is 0 Å². The Morgan fingerprint density at radius 1 is 1.35 bits per heavy atom. The molecule has 0 amide bonds. The molecule has 1 aromatic carbocycles. The average molecular weight is 377 g/mol. The van der Waals surface area contributed by atoms with Crippen LogP contribution in [0.3, 0.4) is 0 Å². The minimum Gasteiger partial charge on any atom is -0.371 e. The molecular weight excluding hydrogens is 352 g/mol. The molecule has 4 nitrogen and oxygen atoms in total. The highest BCUT2D eigenvalue weighted by atomic mass is 79.9. The van der Waals surface area contributed by atoms with Gasteiger partial charge in [-0.2, -0.15) is 5.10 Å². The summed E-state index contributed by atoms with van der Waals surface area (Å²) in [5, 5.41) is 8.12. The van der Waals surface area contributed by atoms with Crippen LogP contribution in [0.15, 0.2) is 28.7 Å².